The van der Waals surface area contributed by atoms with Gasteiger partial charge in [0, 0.05) is 12.2 Å². The van der Waals surface area contributed by atoms with Crippen LogP contribution in [0.3, 0.4) is 0 Å². The lowest BCUT2D eigenvalue weighted by Crippen LogP contribution is -2.39. The van der Waals surface area contributed by atoms with E-state index < -0.39 is 0 Å². The molecule has 1 heterocycles. The highest BCUT2D eigenvalue weighted by molar-refractivity contribution is 5.38. The van der Waals surface area contributed by atoms with Gasteiger partial charge in [-0.15, -0.1) is 0 Å². The molecule has 0 bridgehead atoms. The zero-order valence-electron chi connectivity index (χ0n) is 10.0. The van der Waals surface area contributed by atoms with E-state index in [0.717, 1.165) is 5.82 Å². The van der Waals surface area contributed by atoms with E-state index in [4.69, 9.17) is 5.73 Å². The first-order valence-electron chi connectivity index (χ1n) is 5.93. The maximum atomic E-state index is 5.57. The monoisotopic (exact) mass is 220 g/mol. The standard InChI is InChI=1S/C12H20N4/c1-12(2)7-4-3-5-9(12)15-10-6-8-14-11(13)16-10/h6,8-9H,3-5,7H2,1-2H3,(H3,13,14,15,16). The normalized spacial score (nSPS) is 24.0. The van der Waals surface area contributed by atoms with Crippen LogP contribution in [0.4, 0.5) is 11.8 Å². The molecule has 4 heteroatoms. The van der Waals surface area contributed by atoms with Gasteiger partial charge in [0.15, 0.2) is 0 Å². The van der Waals surface area contributed by atoms with Crippen LogP contribution in [-0.2, 0) is 0 Å². The lowest BCUT2D eigenvalue weighted by atomic mass is 9.73. The van der Waals surface area contributed by atoms with Gasteiger partial charge < -0.3 is 11.1 Å². The highest BCUT2D eigenvalue weighted by atomic mass is 15.1. The van der Waals surface area contributed by atoms with Crippen LogP contribution in [0.5, 0.6) is 0 Å². The maximum Gasteiger partial charge on any atom is 0.221 e. The van der Waals surface area contributed by atoms with Crippen LogP contribution in [0, 0.1) is 5.41 Å². The summed E-state index contributed by atoms with van der Waals surface area (Å²) >= 11 is 0. The average molecular weight is 220 g/mol. The molecule has 0 saturated heterocycles. The zero-order chi connectivity index (χ0) is 11.6. The second-order valence-electron chi connectivity index (χ2n) is 5.23. The van der Waals surface area contributed by atoms with Crippen LogP contribution >= 0.6 is 0 Å². The third-order valence-corrected chi connectivity index (χ3v) is 3.50. The fourth-order valence-corrected chi connectivity index (χ4v) is 2.39. The van der Waals surface area contributed by atoms with Crippen molar-refractivity contribution >= 4 is 11.8 Å². The van der Waals surface area contributed by atoms with Crippen LogP contribution in [0.2, 0.25) is 0 Å². The topological polar surface area (TPSA) is 63.8 Å². The minimum Gasteiger partial charge on any atom is -0.368 e. The van der Waals surface area contributed by atoms with Crippen molar-refractivity contribution in [2.45, 2.75) is 45.6 Å². The second-order valence-corrected chi connectivity index (χ2v) is 5.23. The third kappa shape index (κ3) is 2.43. The molecule has 1 unspecified atom stereocenters. The number of rotatable bonds is 2. The predicted molar refractivity (Wildman–Crippen MR) is 66.1 cm³/mol. The summed E-state index contributed by atoms with van der Waals surface area (Å²) in [6, 6.07) is 2.36. The van der Waals surface area contributed by atoms with Crippen molar-refractivity contribution in [3.8, 4) is 0 Å². The molecule has 0 aliphatic heterocycles. The quantitative estimate of drug-likeness (QED) is 0.803. The van der Waals surface area contributed by atoms with Crippen molar-refractivity contribution < 1.29 is 0 Å². The molecular formula is C12H20N4. The summed E-state index contributed by atoms with van der Waals surface area (Å²) in [6.45, 7) is 4.63. The van der Waals surface area contributed by atoms with Gasteiger partial charge in [-0.05, 0) is 24.3 Å². The number of nitrogens with one attached hydrogen (secondary N) is 1. The van der Waals surface area contributed by atoms with Crippen LogP contribution in [0.15, 0.2) is 12.3 Å². The van der Waals surface area contributed by atoms with Gasteiger partial charge in [0.1, 0.15) is 5.82 Å². The molecule has 88 valence electrons. The highest BCUT2D eigenvalue weighted by Crippen LogP contribution is 2.36. The minimum atomic E-state index is 0.331. The fraction of sp³-hybridized carbons (Fsp3) is 0.667. The SMILES string of the molecule is CC1(C)CCCCC1Nc1ccnc(N)n1. The Labute approximate surface area is 96.7 Å². The summed E-state index contributed by atoms with van der Waals surface area (Å²) in [4.78, 5) is 8.08. The largest absolute Gasteiger partial charge is 0.368 e. The van der Waals surface area contributed by atoms with E-state index in [1.807, 2.05) is 6.07 Å². The molecule has 1 aliphatic rings. The van der Waals surface area contributed by atoms with E-state index in [2.05, 4.69) is 29.1 Å². The Morgan fingerprint density at radius 3 is 2.94 bits per heavy atom. The molecular weight excluding hydrogens is 200 g/mol. The van der Waals surface area contributed by atoms with Gasteiger partial charge in [0.05, 0.1) is 0 Å². The van der Waals surface area contributed by atoms with Crippen LogP contribution < -0.4 is 11.1 Å². The van der Waals surface area contributed by atoms with Gasteiger partial charge in [0.2, 0.25) is 5.95 Å². The highest BCUT2D eigenvalue weighted by Gasteiger charge is 2.32. The number of nitrogens with zero attached hydrogens (tertiary/aromatic N) is 2. The van der Waals surface area contributed by atoms with Crippen molar-refractivity contribution in [3.05, 3.63) is 12.3 Å². The van der Waals surface area contributed by atoms with Crippen molar-refractivity contribution in [2.24, 2.45) is 5.41 Å². The van der Waals surface area contributed by atoms with Gasteiger partial charge in [-0.2, -0.15) is 4.98 Å². The summed E-state index contributed by atoms with van der Waals surface area (Å²) in [6.07, 6.45) is 6.79. The summed E-state index contributed by atoms with van der Waals surface area (Å²) in [5.74, 6) is 1.17. The molecule has 3 N–H and O–H groups in total. The molecule has 0 aromatic carbocycles. The summed E-state index contributed by atoms with van der Waals surface area (Å²) in [5.41, 5.74) is 5.90. The number of nitrogen functional groups attached to an aromatic ring is 1. The van der Waals surface area contributed by atoms with Crippen LogP contribution in [0.25, 0.3) is 0 Å². The van der Waals surface area contributed by atoms with E-state index in [1.165, 1.54) is 25.7 Å². The number of nitrogens with two attached hydrogens (primary N) is 1. The van der Waals surface area contributed by atoms with Crippen molar-refractivity contribution in [1.29, 1.82) is 0 Å². The van der Waals surface area contributed by atoms with Gasteiger partial charge in [-0.1, -0.05) is 26.7 Å². The Bertz CT molecular complexity index is 362. The van der Waals surface area contributed by atoms with E-state index >= 15 is 0 Å². The molecule has 0 amide bonds. The molecule has 1 fully saturated rings. The van der Waals surface area contributed by atoms with Crippen molar-refractivity contribution in [1.82, 2.24) is 9.97 Å². The summed E-state index contributed by atoms with van der Waals surface area (Å²) in [7, 11) is 0. The summed E-state index contributed by atoms with van der Waals surface area (Å²) in [5, 5.41) is 3.48. The molecule has 4 nitrogen and oxygen atoms in total. The number of hydrogen-bond donors (Lipinski definition) is 2. The molecule has 0 radical (unpaired) electrons. The Balaban J connectivity index is 2.08. The molecule has 1 saturated carbocycles. The van der Waals surface area contributed by atoms with Gasteiger partial charge in [0.25, 0.3) is 0 Å². The Hall–Kier alpha value is -1.32. The zero-order valence-corrected chi connectivity index (χ0v) is 10.0. The van der Waals surface area contributed by atoms with E-state index in [0.29, 0.717) is 17.4 Å². The predicted octanol–water partition coefficient (Wildman–Crippen LogP) is 2.44. The van der Waals surface area contributed by atoms with Crippen LogP contribution in [-0.4, -0.2) is 16.0 Å². The lowest BCUT2D eigenvalue weighted by molar-refractivity contribution is 0.216. The molecule has 2 rings (SSSR count). The molecule has 1 aliphatic carbocycles. The third-order valence-electron chi connectivity index (χ3n) is 3.50. The average Bonchev–Trinajstić information content (AvgIpc) is 2.21. The number of hydrogen-bond acceptors (Lipinski definition) is 4. The number of aromatic nitrogens is 2. The fourth-order valence-electron chi connectivity index (χ4n) is 2.39. The van der Waals surface area contributed by atoms with E-state index in [9.17, 15) is 0 Å². The first-order valence-corrected chi connectivity index (χ1v) is 5.93. The first-order chi connectivity index (χ1) is 7.58. The number of anilines is 2. The minimum absolute atomic E-state index is 0.331. The summed E-state index contributed by atoms with van der Waals surface area (Å²) < 4.78 is 0. The Morgan fingerprint density at radius 2 is 2.25 bits per heavy atom. The smallest absolute Gasteiger partial charge is 0.221 e. The Kier molecular flexibility index (Phi) is 2.99. The van der Waals surface area contributed by atoms with Gasteiger partial charge in [-0.25, -0.2) is 4.98 Å². The molecule has 1 atom stereocenters. The van der Waals surface area contributed by atoms with Crippen LogP contribution in [0.1, 0.15) is 39.5 Å². The van der Waals surface area contributed by atoms with Gasteiger partial charge in [-0.3, -0.25) is 0 Å². The maximum absolute atomic E-state index is 5.57. The second kappa shape index (κ2) is 4.28. The van der Waals surface area contributed by atoms with Crippen molar-refractivity contribution in [2.75, 3.05) is 11.1 Å². The van der Waals surface area contributed by atoms with E-state index in [-0.39, 0.29) is 0 Å². The lowest BCUT2D eigenvalue weighted by Gasteiger charge is -2.39. The van der Waals surface area contributed by atoms with Crippen molar-refractivity contribution in [3.63, 3.8) is 0 Å². The Morgan fingerprint density at radius 1 is 1.44 bits per heavy atom. The van der Waals surface area contributed by atoms with Gasteiger partial charge >= 0.3 is 0 Å². The van der Waals surface area contributed by atoms with E-state index in [1.54, 1.807) is 6.20 Å². The molecule has 16 heavy (non-hydrogen) atoms. The molecule has 0 spiro atoms. The molecule has 1 aromatic heterocycles. The first kappa shape index (κ1) is 11.2. The molecule has 1 aromatic rings.